The van der Waals surface area contributed by atoms with E-state index in [4.69, 9.17) is 14.6 Å². The summed E-state index contributed by atoms with van der Waals surface area (Å²) in [4.78, 5) is 0. The number of aliphatic hydroxyl groups excluding tert-OH is 4. The van der Waals surface area contributed by atoms with Gasteiger partial charge in [0, 0.05) is 6.61 Å². The van der Waals surface area contributed by atoms with E-state index >= 15 is 0 Å². The highest BCUT2D eigenvalue weighted by molar-refractivity contribution is 4.90. The Labute approximate surface area is 171 Å². The molecule has 6 heteroatoms. The number of hydrogen-bond acceptors (Lipinski definition) is 6. The van der Waals surface area contributed by atoms with E-state index in [-0.39, 0.29) is 0 Å². The van der Waals surface area contributed by atoms with Crippen LogP contribution in [0.1, 0.15) is 96.8 Å². The van der Waals surface area contributed by atoms with Gasteiger partial charge in [0.25, 0.3) is 0 Å². The van der Waals surface area contributed by atoms with Gasteiger partial charge in [0.2, 0.25) is 0 Å². The van der Waals surface area contributed by atoms with E-state index in [0.717, 1.165) is 12.8 Å². The zero-order valence-electron chi connectivity index (χ0n) is 17.8. The Kier molecular flexibility index (Phi) is 15.2. The molecule has 0 aromatic carbocycles. The quantitative estimate of drug-likeness (QED) is 0.262. The summed E-state index contributed by atoms with van der Waals surface area (Å²) in [6, 6.07) is 0. The van der Waals surface area contributed by atoms with Crippen molar-refractivity contribution in [3.05, 3.63) is 0 Å². The number of unbranched alkanes of at least 4 members (excludes halogenated alkanes) is 13. The van der Waals surface area contributed by atoms with E-state index < -0.39 is 37.3 Å². The predicted octanol–water partition coefficient (Wildman–Crippen LogP) is 3.28. The third-order valence-corrected chi connectivity index (χ3v) is 5.60. The lowest BCUT2D eigenvalue weighted by Gasteiger charge is -2.18. The van der Waals surface area contributed by atoms with Gasteiger partial charge in [-0.3, -0.25) is 0 Å². The molecule has 0 aromatic heterocycles. The van der Waals surface area contributed by atoms with Crippen LogP contribution in [0.15, 0.2) is 0 Å². The van der Waals surface area contributed by atoms with Crippen LogP contribution in [0, 0.1) is 0 Å². The van der Waals surface area contributed by atoms with Gasteiger partial charge in [-0.1, -0.05) is 90.4 Å². The van der Waals surface area contributed by atoms with Gasteiger partial charge in [0.15, 0.2) is 6.29 Å². The van der Waals surface area contributed by atoms with Crippen LogP contribution in [-0.4, -0.2) is 64.3 Å². The van der Waals surface area contributed by atoms with Crippen molar-refractivity contribution < 1.29 is 29.9 Å². The first-order valence-electron chi connectivity index (χ1n) is 11.5. The fourth-order valence-electron chi connectivity index (χ4n) is 3.73. The Morgan fingerprint density at radius 1 is 0.750 bits per heavy atom. The first kappa shape index (κ1) is 25.8. The second-order valence-electron chi connectivity index (χ2n) is 8.17. The van der Waals surface area contributed by atoms with Gasteiger partial charge in [-0.15, -0.1) is 0 Å². The molecule has 5 atom stereocenters. The minimum absolute atomic E-state index is 0.453. The number of hydrogen-bond donors (Lipinski definition) is 4. The first-order chi connectivity index (χ1) is 13.6. The van der Waals surface area contributed by atoms with Gasteiger partial charge in [-0.2, -0.15) is 0 Å². The molecule has 0 amide bonds. The molecule has 0 bridgehead atoms. The van der Waals surface area contributed by atoms with Crippen LogP contribution in [0.5, 0.6) is 0 Å². The highest BCUT2D eigenvalue weighted by Crippen LogP contribution is 2.25. The fourth-order valence-corrected chi connectivity index (χ4v) is 3.73. The van der Waals surface area contributed by atoms with Gasteiger partial charge in [-0.25, -0.2) is 0 Å². The Bertz CT molecular complexity index is 354. The summed E-state index contributed by atoms with van der Waals surface area (Å²) >= 11 is 0. The van der Waals surface area contributed by atoms with Crippen molar-refractivity contribution in [2.45, 2.75) is 128 Å². The van der Waals surface area contributed by atoms with Crippen molar-refractivity contribution in [1.29, 1.82) is 0 Å². The average Bonchev–Trinajstić information content (AvgIpc) is 2.98. The molecule has 0 spiro atoms. The van der Waals surface area contributed by atoms with E-state index in [0.29, 0.717) is 6.61 Å². The van der Waals surface area contributed by atoms with Crippen LogP contribution in [0.25, 0.3) is 0 Å². The molecule has 1 aliphatic heterocycles. The molecule has 28 heavy (non-hydrogen) atoms. The van der Waals surface area contributed by atoms with Gasteiger partial charge >= 0.3 is 0 Å². The highest BCUT2D eigenvalue weighted by atomic mass is 16.7. The van der Waals surface area contributed by atoms with Crippen molar-refractivity contribution in [1.82, 2.24) is 0 Å². The molecule has 0 radical (unpaired) electrons. The summed E-state index contributed by atoms with van der Waals surface area (Å²) in [6.45, 7) is 2.18. The predicted molar refractivity (Wildman–Crippen MR) is 110 cm³/mol. The maximum Gasteiger partial charge on any atom is 0.186 e. The third-order valence-electron chi connectivity index (χ3n) is 5.60. The van der Waals surface area contributed by atoms with Gasteiger partial charge in [0.1, 0.15) is 24.4 Å². The summed E-state index contributed by atoms with van der Waals surface area (Å²) in [5, 5.41) is 38.2. The Morgan fingerprint density at radius 2 is 1.21 bits per heavy atom. The van der Waals surface area contributed by atoms with Gasteiger partial charge < -0.3 is 29.9 Å². The van der Waals surface area contributed by atoms with Crippen molar-refractivity contribution >= 4 is 0 Å². The minimum atomic E-state index is -1.25. The molecule has 0 unspecified atom stereocenters. The van der Waals surface area contributed by atoms with Crippen LogP contribution < -0.4 is 0 Å². The van der Waals surface area contributed by atoms with Crippen LogP contribution in [0.4, 0.5) is 0 Å². The van der Waals surface area contributed by atoms with E-state index in [1.165, 1.54) is 77.0 Å². The van der Waals surface area contributed by atoms with Gasteiger partial charge in [-0.05, 0) is 6.42 Å². The monoisotopic (exact) mass is 404 g/mol. The summed E-state index contributed by atoms with van der Waals surface area (Å²) < 4.78 is 10.8. The molecule has 1 rings (SSSR count). The molecule has 0 aliphatic carbocycles. The molecular weight excluding hydrogens is 360 g/mol. The maximum atomic E-state index is 9.89. The van der Waals surface area contributed by atoms with Crippen LogP contribution >= 0.6 is 0 Å². The second-order valence-corrected chi connectivity index (χ2v) is 8.17. The van der Waals surface area contributed by atoms with Gasteiger partial charge in [0.05, 0.1) is 6.61 Å². The average molecular weight is 405 g/mol. The highest BCUT2D eigenvalue weighted by Gasteiger charge is 2.46. The summed E-state index contributed by atoms with van der Waals surface area (Å²) in [7, 11) is 0. The SMILES string of the molecule is CCCCCCCCCCCCCCCCO[C@H]1O[C@@H]([C@H](O)CO)[C@H](O)[C@H]1O. The minimum Gasteiger partial charge on any atom is -0.394 e. The molecule has 168 valence electrons. The molecule has 6 nitrogen and oxygen atoms in total. The van der Waals surface area contributed by atoms with Crippen molar-refractivity contribution in [2.24, 2.45) is 0 Å². The van der Waals surface area contributed by atoms with E-state index in [2.05, 4.69) is 6.92 Å². The largest absolute Gasteiger partial charge is 0.394 e. The maximum absolute atomic E-state index is 9.89. The number of rotatable bonds is 18. The smallest absolute Gasteiger partial charge is 0.186 e. The normalized spacial score (nSPS) is 26.0. The molecule has 1 fully saturated rings. The lowest BCUT2D eigenvalue weighted by Crippen LogP contribution is -2.40. The summed E-state index contributed by atoms with van der Waals surface area (Å²) in [6.07, 6.45) is 12.4. The molecule has 1 saturated heterocycles. The lowest BCUT2D eigenvalue weighted by atomic mass is 10.0. The van der Waals surface area contributed by atoms with Crippen molar-refractivity contribution in [3.63, 3.8) is 0 Å². The Hall–Kier alpha value is -0.240. The summed E-state index contributed by atoms with van der Waals surface area (Å²) in [5.74, 6) is 0. The zero-order chi connectivity index (χ0) is 20.6. The third kappa shape index (κ3) is 10.5. The molecule has 1 aliphatic rings. The standard InChI is InChI=1S/C22H44O6/c1-2-3-4-5-6-7-8-9-10-11-12-13-14-15-16-27-22-20(26)19(25)21(28-22)18(24)17-23/h18-26H,2-17H2,1H3/t18-,19-,20-,21+,22+/m1/s1. The second kappa shape index (κ2) is 16.5. The molecule has 4 N–H and O–H groups in total. The van der Waals surface area contributed by atoms with E-state index in [9.17, 15) is 15.3 Å². The zero-order valence-corrected chi connectivity index (χ0v) is 17.8. The molecule has 0 saturated carbocycles. The van der Waals surface area contributed by atoms with Crippen LogP contribution in [0.3, 0.4) is 0 Å². The number of aliphatic hydroxyl groups is 4. The Balaban J connectivity index is 1.88. The molecule has 1 heterocycles. The Morgan fingerprint density at radius 3 is 1.68 bits per heavy atom. The van der Waals surface area contributed by atoms with Crippen molar-refractivity contribution in [2.75, 3.05) is 13.2 Å². The van der Waals surface area contributed by atoms with E-state index in [1.54, 1.807) is 0 Å². The molecule has 0 aromatic rings. The lowest BCUT2D eigenvalue weighted by molar-refractivity contribution is -0.181. The molecular formula is C22H44O6. The van der Waals surface area contributed by atoms with Crippen molar-refractivity contribution in [3.8, 4) is 0 Å². The number of ether oxygens (including phenoxy) is 2. The summed E-state index contributed by atoms with van der Waals surface area (Å²) in [5.41, 5.74) is 0. The topological polar surface area (TPSA) is 99.4 Å². The van der Waals surface area contributed by atoms with E-state index in [1.807, 2.05) is 0 Å². The first-order valence-corrected chi connectivity index (χ1v) is 11.5. The van der Waals surface area contributed by atoms with Crippen LogP contribution in [0.2, 0.25) is 0 Å². The van der Waals surface area contributed by atoms with Crippen LogP contribution in [-0.2, 0) is 9.47 Å². The fraction of sp³-hybridized carbons (Fsp3) is 1.00.